The van der Waals surface area contributed by atoms with Crippen LogP contribution in [0.25, 0.3) is 0 Å². The van der Waals surface area contributed by atoms with Crippen molar-refractivity contribution in [3.8, 4) is 5.75 Å². The maximum atomic E-state index is 12.4. The van der Waals surface area contributed by atoms with E-state index in [-0.39, 0.29) is 17.8 Å². The van der Waals surface area contributed by atoms with Crippen molar-refractivity contribution in [3.63, 3.8) is 0 Å². The van der Waals surface area contributed by atoms with E-state index < -0.39 is 0 Å². The molecule has 0 saturated carbocycles. The van der Waals surface area contributed by atoms with Gasteiger partial charge in [-0.3, -0.25) is 9.79 Å². The zero-order valence-corrected chi connectivity index (χ0v) is 19.6. The fourth-order valence-corrected chi connectivity index (χ4v) is 4.59. The van der Waals surface area contributed by atoms with Gasteiger partial charge in [0.25, 0.3) is 0 Å². The van der Waals surface area contributed by atoms with E-state index in [0.29, 0.717) is 26.2 Å². The Morgan fingerprint density at radius 3 is 2.74 bits per heavy atom. The van der Waals surface area contributed by atoms with Crippen LogP contribution >= 0.6 is 0 Å². The Bertz CT molecular complexity index is 1060. The van der Waals surface area contributed by atoms with Crippen molar-refractivity contribution in [1.82, 2.24) is 9.97 Å². The molecule has 1 aromatic carbocycles. The summed E-state index contributed by atoms with van der Waals surface area (Å²) in [7, 11) is 0. The molecule has 0 radical (unpaired) electrons. The van der Waals surface area contributed by atoms with Gasteiger partial charge in [-0.1, -0.05) is 25.1 Å². The summed E-state index contributed by atoms with van der Waals surface area (Å²) < 4.78 is 11.7. The van der Waals surface area contributed by atoms with E-state index in [2.05, 4.69) is 38.8 Å². The second kappa shape index (κ2) is 10.3. The van der Waals surface area contributed by atoms with Gasteiger partial charge in [0, 0.05) is 50.5 Å². The number of ether oxygens (including phenoxy) is 2. The van der Waals surface area contributed by atoms with Crippen molar-refractivity contribution in [2.45, 2.75) is 31.8 Å². The molecule has 3 aliphatic rings. The van der Waals surface area contributed by atoms with Gasteiger partial charge in [0.15, 0.2) is 5.78 Å². The summed E-state index contributed by atoms with van der Waals surface area (Å²) in [4.78, 5) is 30.2. The lowest BCUT2D eigenvalue weighted by Crippen LogP contribution is -2.37. The minimum absolute atomic E-state index is 0.111. The smallest absolute Gasteiger partial charge is 0.227 e. The lowest BCUT2D eigenvalue weighted by Gasteiger charge is -2.27. The van der Waals surface area contributed by atoms with Crippen LogP contribution in [0.5, 0.6) is 5.75 Å². The molecule has 0 spiro atoms. The lowest BCUT2D eigenvalue weighted by atomic mass is 9.93. The number of hydrogen-bond donors (Lipinski definition) is 0. The van der Waals surface area contributed by atoms with Crippen LogP contribution in [0, 0.1) is 0 Å². The first-order valence-corrected chi connectivity index (χ1v) is 12.1. The highest BCUT2D eigenvalue weighted by Gasteiger charge is 2.26. The lowest BCUT2D eigenvalue weighted by molar-refractivity contribution is -0.115. The third kappa shape index (κ3) is 5.28. The zero-order valence-electron chi connectivity index (χ0n) is 19.6. The number of aliphatic imine (C=N–C) groups is 1. The molecule has 0 bridgehead atoms. The quantitative estimate of drug-likeness (QED) is 0.598. The van der Waals surface area contributed by atoms with Crippen molar-refractivity contribution < 1.29 is 14.3 Å². The second-order valence-electron chi connectivity index (χ2n) is 9.04. The van der Waals surface area contributed by atoms with Gasteiger partial charge in [-0.15, -0.1) is 0 Å². The summed E-state index contributed by atoms with van der Waals surface area (Å²) in [6.07, 6.45) is 6.95. The molecule has 8 heteroatoms. The Labute approximate surface area is 200 Å². The standard InChI is InChI=1S/C26H31N5O3/c1-19(16-24(32)21-6-9-27-17-21)20-2-4-22(5-3-20)34-23-8-11-31(18-23)25-7-10-28-26(29-25)30-12-14-33-15-13-30/h2-7,10,17,19,23H,8-9,11-16,18H2,1H3/t19-,23?/m1/s1. The number of allylic oxidation sites excluding steroid dienone is 1. The highest BCUT2D eigenvalue weighted by atomic mass is 16.5. The number of ketones is 1. The molecule has 5 rings (SSSR count). The first-order valence-electron chi connectivity index (χ1n) is 12.1. The van der Waals surface area contributed by atoms with E-state index in [1.165, 1.54) is 0 Å². The molecule has 4 heterocycles. The molecule has 2 aromatic rings. The molecule has 0 N–H and O–H groups in total. The molecule has 178 valence electrons. The average molecular weight is 462 g/mol. The predicted molar refractivity (Wildman–Crippen MR) is 132 cm³/mol. The van der Waals surface area contributed by atoms with Crippen molar-refractivity contribution in [2.24, 2.45) is 4.99 Å². The van der Waals surface area contributed by atoms with Gasteiger partial charge >= 0.3 is 0 Å². The van der Waals surface area contributed by atoms with E-state index in [1.807, 2.05) is 30.5 Å². The Hall–Kier alpha value is -3.26. The molecule has 0 aliphatic carbocycles. The number of rotatable bonds is 8. The third-order valence-corrected chi connectivity index (χ3v) is 6.60. The van der Waals surface area contributed by atoms with E-state index in [1.54, 1.807) is 6.21 Å². The van der Waals surface area contributed by atoms with Crippen LogP contribution in [0.4, 0.5) is 11.8 Å². The first-order chi connectivity index (χ1) is 16.7. The van der Waals surface area contributed by atoms with Gasteiger partial charge in [0.1, 0.15) is 17.7 Å². The SMILES string of the molecule is C[C@H](CC(=O)C1=CCN=C1)c1ccc(OC2CCN(c3ccnc(N4CCOCC4)n3)C2)cc1. The Kier molecular flexibility index (Phi) is 6.85. The average Bonchev–Trinajstić information content (AvgIpc) is 3.58. The van der Waals surface area contributed by atoms with Crippen LogP contribution < -0.4 is 14.5 Å². The van der Waals surface area contributed by atoms with Crippen molar-refractivity contribution >= 4 is 23.8 Å². The number of carbonyl (C=O) groups is 1. The topological polar surface area (TPSA) is 80.2 Å². The van der Waals surface area contributed by atoms with E-state index >= 15 is 0 Å². The molecule has 2 saturated heterocycles. The van der Waals surface area contributed by atoms with Crippen LogP contribution in [-0.2, 0) is 9.53 Å². The van der Waals surface area contributed by atoms with E-state index in [9.17, 15) is 4.79 Å². The number of morpholine rings is 1. The number of anilines is 2. The van der Waals surface area contributed by atoms with Gasteiger partial charge in [-0.2, -0.15) is 4.98 Å². The number of Topliss-reactive ketones (excluding diaryl/α,β-unsaturated/α-hetero) is 1. The molecular weight excluding hydrogens is 430 g/mol. The molecule has 0 amide bonds. The first kappa shape index (κ1) is 22.5. The molecule has 1 aromatic heterocycles. The van der Waals surface area contributed by atoms with Crippen molar-refractivity contribution in [1.29, 1.82) is 0 Å². The minimum atomic E-state index is 0.111. The van der Waals surface area contributed by atoms with E-state index in [4.69, 9.17) is 14.5 Å². The largest absolute Gasteiger partial charge is 0.489 e. The molecule has 3 aliphatic heterocycles. The summed E-state index contributed by atoms with van der Waals surface area (Å²) >= 11 is 0. The van der Waals surface area contributed by atoms with Gasteiger partial charge in [-0.05, 0) is 29.7 Å². The van der Waals surface area contributed by atoms with Crippen LogP contribution in [0.1, 0.15) is 31.2 Å². The Balaban J connectivity index is 1.15. The number of carbonyl (C=O) groups excluding carboxylic acids is 1. The van der Waals surface area contributed by atoms with Gasteiger partial charge < -0.3 is 19.3 Å². The predicted octanol–water partition coefficient (Wildman–Crippen LogP) is 3.04. The zero-order chi connectivity index (χ0) is 23.3. The maximum absolute atomic E-state index is 12.4. The Morgan fingerprint density at radius 2 is 1.97 bits per heavy atom. The summed E-state index contributed by atoms with van der Waals surface area (Å²) in [5.74, 6) is 2.87. The van der Waals surface area contributed by atoms with E-state index in [0.717, 1.165) is 61.3 Å². The van der Waals surface area contributed by atoms with Crippen LogP contribution in [0.15, 0.2) is 53.2 Å². The molecule has 2 atom stereocenters. The third-order valence-electron chi connectivity index (χ3n) is 6.60. The molecule has 2 fully saturated rings. The van der Waals surface area contributed by atoms with Crippen LogP contribution in [-0.4, -0.2) is 74.0 Å². The van der Waals surface area contributed by atoms with Crippen molar-refractivity contribution in [2.75, 3.05) is 55.7 Å². The summed E-state index contributed by atoms with van der Waals surface area (Å²) in [5, 5.41) is 0. The highest BCUT2D eigenvalue weighted by Crippen LogP contribution is 2.27. The highest BCUT2D eigenvalue weighted by molar-refractivity contribution is 6.14. The fourth-order valence-electron chi connectivity index (χ4n) is 4.59. The molecule has 1 unspecified atom stereocenters. The number of hydrogen-bond acceptors (Lipinski definition) is 8. The molecule has 8 nitrogen and oxygen atoms in total. The normalized spacial score (nSPS) is 21.0. The summed E-state index contributed by atoms with van der Waals surface area (Å²) in [5.41, 5.74) is 1.87. The van der Waals surface area contributed by atoms with Crippen LogP contribution in [0.2, 0.25) is 0 Å². The van der Waals surface area contributed by atoms with Gasteiger partial charge in [0.05, 0.1) is 26.3 Å². The second-order valence-corrected chi connectivity index (χ2v) is 9.04. The fraction of sp³-hybridized carbons (Fsp3) is 0.462. The number of benzene rings is 1. The maximum Gasteiger partial charge on any atom is 0.227 e. The minimum Gasteiger partial charge on any atom is -0.489 e. The van der Waals surface area contributed by atoms with Crippen molar-refractivity contribution in [3.05, 3.63) is 53.7 Å². The van der Waals surface area contributed by atoms with Gasteiger partial charge in [0.2, 0.25) is 5.95 Å². The molecular formula is C26H31N5O3. The summed E-state index contributed by atoms with van der Waals surface area (Å²) in [6.45, 7) is 7.48. The summed E-state index contributed by atoms with van der Waals surface area (Å²) in [6, 6.07) is 10.1. The number of aromatic nitrogens is 2. The van der Waals surface area contributed by atoms with Gasteiger partial charge in [-0.25, -0.2) is 4.98 Å². The van der Waals surface area contributed by atoms with Crippen LogP contribution in [0.3, 0.4) is 0 Å². The molecule has 34 heavy (non-hydrogen) atoms. The monoisotopic (exact) mass is 461 g/mol. The Morgan fingerprint density at radius 1 is 1.15 bits per heavy atom. The number of nitrogens with zero attached hydrogens (tertiary/aromatic N) is 5.